The van der Waals surface area contributed by atoms with Crippen LogP contribution in [-0.2, 0) is 0 Å². The van der Waals surface area contributed by atoms with E-state index in [2.05, 4.69) is 31.1 Å². The van der Waals surface area contributed by atoms with Gasteiger partial charge in [0.25, 0.3) is 0 Å². The predicted octanol–water partition coefficient (Wildman–Crippen LogP) is 2.98. The molecule has 1 rings (SSSR count). The lowest BCUT2D eigenvalue weighted by molar-refractivity contribution is 0.447. The van der Waals surface area contributed by atoms with Gasteiger partial charge >= 0.3 is 0 Å². The number of aromatic nitrogens is 1. The van der Waals surface area contributed by atoms with Gasteiger partial charge in [0.1, 0.15) is 5.01 Å². The first-order chi connectivity index (χ1) is 6.24. The third kappa shape index (κ3) is 3.44. The minimum atomic E-state index is 0.449. The van der Waals surface area contributed by atoms with Crippen molar-refractivity contribution >= 4 is 11.3 Å². The lowest BCUT2D eigenvalue weighted by Crippen LogP contribution is -2.27. The summed E-state index contributed by atoms with van der Waals surface area (Å²) in [6.45, 7) is 6.56. The molecule has 1 heterocycles. The van der Waals surface area contributed by atoms with Crippen molar-refractivity contribution in [2.24, 2.45) is 0 Å². The van der Waals surface area contributed by atoms with E-state index in [1.807, 2.05) is 11.6 Å². The molecule has 1 atom stereocenters. The Bertz CT molecular complexity index is 219. The molecule has 0 aliphatic carbocycles. The van der Waals surface area contributed by atoms with Crippen LogP contribution in [0.1, 0.15) is 44.7 Å². The van der Waals surface area contributed by atoms with E-state index in [0.29, 0.717) is 12.1 Å². The molecular weight excluding hydrogens is 180 g/mol. The lowest BCUT2D eigenvalue weighted by atomic mass is 10.1. The molecule has 0 radical (unpaired) electrons. The number of nitrogens with one attached hydrogen (secondary N) is 1. The number of nitrogens with zero attached hydrogens (tertiary/aromatic N) is 1. The van der Waals surface area contributed by atoms with Crippen LogP contribution in [-0.4, -0.2) is 11.0 Å². The van der Waals surface area contributed by atoms with E-state index in [-0.39, 0.29) is 0 Å². The first-order valence-electron chi connectivity index (χ1n) is 4.89. The lowest BCUT2D eigenvalue weighted by Gasteiger charge is -2.18. The van der Waals surface area contributed by atoms with Crippen LogP contribution in [0.25, 0.3) is 0 Å². The minimum Gasteiger partial charge on any atom is -0.306 e. The van der Waals surface area contributed by atoms with Crippen LogP contribution in [0, 0.1) is 0 Å². The van der Waals surface area contributed by atoms with Gasteiger partial charge in [-0.15, -0.1) is 11.3 Å². The fraction of sp³-hybridized carbons (Fsp3) is 0.700. The SMILES string of the molecule is CCCC(NC(C)C)c1nccs1. The smallest absolute Gasteiger partial charge is 0.109 e. The highest BCUT2D eigenvalue weighted by atomic mass is 32.1. The first kappa shape index (κ1) is 10.7. The van der Waals surface area contributed by atoms with Crippen molar-refractivity contribution < 1.29 is 0 Å². The molecule has 0 spiro atoms. The number of thiazole rings is 1. The van der Waals surface area contributed by atoms with Crippen molar-refractivity contribution in [2.75, 3.05) is 0 Å². The quantitative estimate of drug-likeness (QED) is 0.786. The van der Waals surface area contributed by atoms with Crippen molar-refractivity contribution in [1.82, 2.24) is 10.3 Å². The molecule has 0 aliphatic rings. The Balaban J connectivity index is 2.57. The summed E-state index contributed by atoms with van der Waals surface area (Å²) in [5, 5.41) is 6.79. The van der Waals surface area contributed by atoms with Crippen LogP contribution in [0.2, 0.25) is 0 Å². The number of hydrogen-bond acceptors (Lipinski definition) is 3. The predicted molar refractivity (Wildman–Crippen MR) is 58.0 cm³/mol. The van der Waals surface area contributed by atoms with Gasteiger partial charge in [0.15, 0.2) is 0 Å². The minimum absolute atomic E-state index is 0.449. The van der Waals surface area contributed by atoms with Crippen molar-refractivity contribution in [3.63, 3.8) is 0 Å². The third-order valence-electron chi connectivity index (χ3n) is 1.86. The Labute approximate surface area is 84.4 Å². The molecule has 0 aliphatic heterocycles. The van der Waals surface area contributed by atoms with Gasteiger partial charge in [0, 0.05) is 17.6 Å². The zero-order chi connectivity index (χ0) is 9.68. The molecule has 1 N–H and O–H groups in total. The van der Waals surface area contributed by atoms with Crippen LogP contribution >= 0.6 is 11.3 Å². The summed E-state index contributed by atoms with van der Waals surface area (Å²) >= 11 is 1.74. The second kappa shape index (κ2) is 5.35. The van der Waals surface area contributed by atoms with E-state index in [4.69, 9.17) is 0 Å². The average molecular weight is 198 g/mol. The Morgan fingerprint density at radius 3 is 2.77 bits per heavy atom. The van der Waals surface area contributed by atoms with Crippen LogP contribution < -0.4 is 5.32 Å². The van der Waals surface area contributed by atoms with Crippen LogP contribution in [0.5, 0.6) is 0 Å². The van der Waals surface area contributed by atoms with Gasteiger partial charge in [-0.25, -0.2) is 4.98 Å². The molecule has 0 bridgehead atoms. The fourth-order valence-electron chi connectivity index (χ4n) is 1.38. The Morgan fingerprint density at radius 2 is 2.31 bits per heavy atom. The molecular formula is C10H18N2S. The summed E-state index contributed by atoms with van der Waals surface area (Å²) in [5.74, 6) is 0. The zero-order valence-corrected chi connectivity index (χ0v) is 9.40. The highest BCUT2D eigenvalue weighted by molar-refractivity contribution is 7.09. The molecule has 1 aromatic rings. The van der Waals surface area contributed by atoms with Gasteiger partial charge < -0.3 is 5.32 Å². The molecule has 0 saturated heterocycles. The molecule has 74 valence electrons. The Kier molecular flexibility index (Phi) is 4.39. The number of hydrogen-bond donors (Lipinski definition) is 1. The molecule has 3 heteroatoms. The topological polar surface area (TPSA) is 24.9 Å². The van der Waals surface area contributed by atoms with E-state index in [0.717, 1.165) is 0 Å². The summed E-state index contributed by atoms with van der Waals surface area (Å²) in [6, 6.07) is 0.977. The molecule has 0 fully saturated rings. The Morgan fingerprint density at radius 1 is 1.54 bits per heavy atom. The van der Waals surface area contributed by atoms with Gasteiger partial charge in [0.2, 0.25) is 0 Å². The van der Waals surface area contributed by atoms with E-state index < -0.39 is 0 Å². The standard InChI is InChI=1S/C10H18N2S/c1-4-5-9(12-8(2)3)10-11-6-7-13-10/h6-9,12H,4-5H2,1-3H3. The summed E-state index contributed by atoms with van der Waals surface area (Å²) in [7, 11) is 0. The highest BCUT2D eigenvalue weighted by Crippen LogP contribution is 2.20. The zero-order valence-electron chi connectivity index (χ0n) is 8.58. The van der Waals surface area contributed by atoms with E-state index in [1.54, 1.807) is 11.3 Å². The normalized spacial score (nSPS) is 13.5. The van der Waals surface area contributed by atoms with Gasteiger partial charge in [-0.1, -0.05) is 27.2 Å². The fourth-order valence-corrected chi connectivity index (χ4v) is 2.11. The van der Waals surface area contributed by atoms with E-state index >= 15 is 0 Å². The monoisotopic (exact) mass is 198 g/mol. The second-order valence-corrected chi connectivity index (χ2v) is 4.46. The van der Waals surface area contributed by atoms with Gasteiger partial charge in [0.05, 0.1) is 6.04 Å². The van der Waals surface area contributed by atoms with Crippen molar-refractivity contribution in [3.8, 4) is 0 Å². The number of rotatable bonds is 5. The molecule has 13 heavy (non-hydrogen) atoms. The van der Waals surface area contributed by atoms with Crippen LogP contribution in [0.3, 0.4) is 0 Å². The molecule has 0 amide bonds. The summed E-state index contributed by atoms with van der Waals surface area (Å²) in [6.07, 6.45) is 4.25. The van der Waals surface area contributed by atoms with Crippen molar-refractivity contribution in [1.29, 1.82) is 0 Å². The van der Waals surface area contributed by atoms with Gasteiger partial charge in [-0.3, -0.25) is 0 Å². The molecule has 1 unspecified atom stereocenters. The van der Waals surface area contributed by atoms with Gasteiger partial charge in [-0.05, 0) is 6.42 Å². The third-order valence-corrected chi connectivity index (χ3v) is 2.75. The van der Waals surface area contributed by atoms with Crippen LogP contribution in [0.15, 0.2) is 11.6 Å². The molecule has 0 aromatic carbocycles. The molecule has 1 aromatic heterocycles. The van der Waals surface area contributed by atoms with Crippen LogP contribution in [0.4, 0.5) is 0 Å². The highest BCUT2D eigenvalue weighted by Gasteiger charge is 2.13. The van der Waals surface area contributed by atoms with E-state index in [9.17, 15) is 0 Å². The maximum absolute atomic E-state index is 4.34. The maximum Gasteiger partial charge on any atom is 0.109 e. The van der Waals surface area contributed by atoms with Crippen molar-refractivity contribution in [3.05, 3.63) is 16.6 Å². The van der Waals surface area contributed by atoms with Gasteiger partial charge in [-0.2, -0.15) is 0 Å². The largest absolute Gasteiger partial charge is 0.306 e. The summed E-state index contributed by atoms with van der Waals surface area (Å²) < 4.78 is 0. The Hall–Kier alpha value is -0.410. The van der Waals surface area contributed by atoms with E-state index in [1.165, 1.54) is 17.8 Å². The summed E-state index contributed by atoms with van der Waals surface area (Å²) in [5.41, 5.74) is 0. The maximum atomic E-state index is 4.34. The molecule has 0 saturated carbocycles. The summed E-state index contributed by atoms with van der Waals surface area (Å²) in [4.78, 5) is 4.34. The average Bonchev–Trinajstić information content (AvgIpc) is 2.54. The molecule has 2 nitrogen and oxygen atoms in total. The second-order valence-electron chi connectivity index (χ2n) is 3.53. The van der Waals surface area contributed by atoms with Crippen molar-refractivity contribution in [2.45, 2.75) is 45.7 Å². The first-order valence-corrected chi connectivity index (χ1v) is 5.77.